The second kappa shape index (κ2) is 5.45. The van der Waals surface area contributed by atoms with Gasteiger partial charge in [0.1, 0.15) is 0 Å². The predicted octanol–water partition coefficient (Wildman–Crippen LogP) is 0.969. The van der Waals surface area contributed by atoms with Crippen LogP contribution in [0, 0.1) is 5.92 Å². The third-order valence-corrected chi connectivity index (χ3v) is 3.76. The van der Waals surface area contributed by atoms with Crippen LogP contribution in [0.1, 0.15) is 25.7 Å². The zero-order valence-corrected chi connectivity index (χ0v) is 9.98. The highest BCUT2D eigenvalue weighted by molar-refractivity contribution is 4.92. The van der Waals surface area contributed by atoms with Gasteiger partial charge in [0.2, 0.25) is 0 Å². The molecule has 2 rings (SSSR count). The highest BCUT2D eigenvalue weighted by Gasteiger charge is 2.42. The lowest BCUT2D eigenvalue weighted by Gasteiger charge is -2.38. The maximum absolute atomic E-state index is 10.1. The van der Waals surface area contributed by atoms with Crippen molar-refractivity contribution in [3.05, 3.63) is 0 Å². The predicted molar refractivity (Wildman–Crippen MR) is 59.3 cm³/mol. The lowest BCUT2D eigenvalue weighted by Crippen LogP contribution is -2.43. The van der Waals surface area contributed by atoms with Crippen molar-refractivity contribution in [3.63, 3.8) is 0 Å². The summed E-state index contributed by atoms with van der Waals surface area (Å²) in [5, 5.41) is 10.1. The Morgan fingerprint density at radius 1 is 1.50 bits per heavy atom. The molecular formula is C12H22O4. The Balaban J connectivity index is 1.85. The zero-order chi connectivity index (χ0) is 11.4. The van der Waals surface area contributed by atoms with E-state index in [1.807, 2.05) is 0 Å². The summed E-state index contributed by atoms with van der Waals surface area (Å²) in [6, 6.07) is 0. The lowest BCUT2D eigenvalue weighted by atomic mass is 9.81. The number of methoxy groups -OCH3 is 1. The van der Waals surface area contributed by atoms with Crippen molar-refractivity contribution in [2.75, 3.05) is 33.5 Å². The molecule has 4 heteroatoms. The summed E-state index contributed by atoms with van der Waals surface area (Å²) in [5.41, 5.74) is -0.100. The van der Waals surface area contributed by atoms with E-state index in [1.165, 1.54) is 0 Å². The molecule has 2 heterocycles. The second-order valence-corrected chi connectivity index (χ2v) is 4.94. The highest BCUT2D eigenvalue weighted by Crippen LogP contribution is 2.37. The van der Waals surface area contributed by atoms with Gasteiger partial charge in [-0.05, 0) is 25.2 Å². The standard InChI is InChI=1S/C12H22O4/c1-14-5-3-11(13)10-2-6-16-12(8-10)4-7-15-9-12/h10-11,13H,2-9H2,1H3. The first-order chi connectivity index (χ1) is 7.76. The molecular weight excluding hydrogens is 208 g/mol. The molecule has 4 nitrogen and oxygen atoms in total. The number of hydrogen-bond acceptors (Lipinski definition) is 4. The summed E-state index contributed by atoms with van der Waals surface area (Å²) >= 11 is 0. The van der Waals surface area contributed by atoms with Crippen LogP contribution in [0.2, 0.25) is 0 Å². The van der Waals surface area contributed by atoms with E-state index in [0.717, 1.165) is 38.9 Å². The smallest absolute Gasteiger partial charge is 0.0940 e. The molecule has 0 aromatic rings. The fraction of sp³-hybridized carbons (Fsp3) is 1.00. The summed E-state index contributed by atoms with van der Waals surface area (Å²) in [4.78, 5) is 0. The van der Waals surface area contributed by atoms with Crippen LogP contribution in [-0.2, 0) is 14.2 Å². The molecule has 0 amide bonds. The van der Waals surface area contributed by atoms with E-state index in [4.69, 9.17) is 14.2 Å². The molecule has 3 unspecified atom stereocenters. The van der Waals surface area contributed by atoms with Gasteiger partial charge in [-0.2, -0.15) is 0 Å². The van der Waals surface area contributed by atoms with Gasteiger partial charge < -0.3 is 19.3 Å². The average Bonchev–Trinajstić information content (AvgIpc) is 2.74. The van der Waals surface area contributed by atoms with E-state index >= 15 is 0 Å². The van der Waals surface area contributed by atoms with Crippen LogP contribution in [0.3, 0.4) is 0 Å². The quantitative estimate of drug-likeness (QED) is 0.782. The first-order valence-electron chi connectivity index (χ1n) is 6.14. The van der Waals surface area contributed by atoms with Crippen LogP contribution in [0.25, 0.3) is 0 Å². The van der Waals surface area contributed by atoms with Gasteiger partial charge >= 0.3 is 0 Å². The monoisotopic (exact) mass is 230 g/mol. The molecule has 1 spiro atoms. The molecule has 1 N–H and O–H groups in total. The number of aliphatic hydroxyl groups is 1. The molecule has 94 valence electrons. The molecule has 0 bridgehead atoms. The molecule has 2 aliphatic heterocycles. The number of aliphatic hydroxyl groups excluding tert-OH is 1. The van der Waals surface area contributed by atoms with Crippen molar-refractivity contribution < 1.29 is 19.3 Å². The minimum atomic E-state index is -0.263. The Labute approximate surface area is 96.9 Å². The summed E-state index contributed by atoms with van der Waals surface area (Å²) in [7, 11) is 1.67. The van der Waals surface area contributed by atoms with Crippen molar-refractivity contribution in [3.8, 4) is 0 Å². The molecule has 3 atom stereocenters. The van der Waals surface area contributed by atoms with E-state index in [9.17, 15) is 5.11 Å². The molecule has 16 heavy (non-hydrogen) atoms. The minimum absolute atomic E-state index is 0.100. The summed E-state index contributed by atoms with van der Waals surface area (Å²) in [5.74, 6) is 0.339. The summed E-state index contributed by atoms with van der Waals surface area (Å²) in [6.45, 7) is 2.86. The lowest BCUT2D eigenvalue weighted by molar-refractivity contribution is -0.118. The third-order valence-electron chi connectivity index (χ3n) is 3.76. The first-order valence-corrected chi connectivity index (χ1v) is 6.14. The van der Waals surface area contributed by atoms with Gasteiger partial charge in [-0.1, -0.05) is 0 Å². The van der Waals surface area contributed by atoms with Crippen molar-refractivity contribution >= 4 is 0 Å². The van der Waals surface area contributed by atoms with Crippen LogP contribution in [0.5, 0.6) is 0 Å². The van der Waals surface area contributed by atoms with Crippen molar-refractivity contribution in [1.82, 2.24) is 0 Å². The largest absolute Gasteiger partial charge is 0.393 e. The molecule has 0 saturated carbocycles. The van der Waals surface area contributed by atoms with Crippen LogP contribution >= 0.6 is 0 Å². The van der Waals surface area contributed by atoms with Crippen LogP contribution < -0.4 is 0 Å². The maximum atomic E-state index is 10.1. The number of rotatable bonds is 4. The van der Waals surface area contributed by atoms with E-state index < -0.39 is 0 Å². The fourth-order valence-electron chi connectivity index (χ4n) is 2.73. The van der Waals surface area contributed by atoms with Crippen LogP contribution in [-0.4, -0.2) is 50.3 Å². The van der Waals surface area contributed by atoms with E-state index in [2.05, 4.69) is 0 Å². The topological polar surface area (TPSA) is 47.9 Å². The Hall–Kier alpha value is -0.160. The molecule has 2 saturated heterocycles. The van der Waals surface area contributed by atoms with Crippen molar-refractivity contribution in [2.24, 2.45) is 5.92 Å². The molecule has 2 fully saturated rings. The van der Waals surface area contributed by atoms with Crippen molar-refractivity contribution in [1.29, 1.82) is 0 Å². The summed E-state index contributed by atoms with van der Waals surface area (Å²) < 4.78 is 16.3. The van der Waals surface area contributed by atoms with Gasteiger partial charge in [-0.3, -0.25) is 0 Å². The van der Waals surface area contributed by atoms with E-state index in [0.29, 0.717) is 19.1 Å². The summed E-state index contributed by atoms with van der Waals surface area (Å²) in [6.07, 6.45) is 3.31. The minimum Gasteiger partial charge on any atom is -0.393 e. The Bertz CT molecular complexity index is 213. The average molecular weight is 230 g/mol. The van der Waals surface area contributed by atoms with Gasteiger partial charge in [0, 0.05) is 33.4 Å². The Morgan fingerprint density at radius 3 is 3.06 bits per heavy atom. The molecule has 0 aromatic heterocycles. The van der Waals surface area contributed by atoms with E-state index in [1.54, 1.807) is 7.11 Å². The number of hydrogen-bond donors (Lipinski definition) is 1. The Kier molecular flexibility index (Phi) is 4.19. The molecule has 0 radical (unpaired) electrons. The van der Waals surface area contributed by atoms with Crippen LogP contribution in [0.4, 0.5) is 0 Å². The molecule has 2 aliphatic rings. The number of ether oxygens (including phenoxy) is 3. The van der Waals surface area contributed by atoms with E-state index in [-0.39, 0.29) is 11.7 Å². The van der Waals surface area contributed by atoms with Gasteiger partial charge in [0.25, 0.3) is 0 Å². The maximum Gasteiger partial charge on any atom is 0.0940 e. The zero-order valence-electron chi connectivity index (χ0n) is 9.98. The molecule has 0 aromatic carbocycles. The fourth-order valence-corrected chi connectivity index (χ4v) is 2.73. The van der Waals surface area contributed by atoms with Gasteiger partial charge in [0.05, 0.1) is 18.3 Å². The SMILES string of the molecule is COCCC(O)C1CCOC2(CCOC2)C1. The van der Waals surface area contributed by atoms with Gasteiger partial charge in [-0.15, -0.1) is 0 Å². The van der Waals surface area contributed by atoms with Crippen LogP contribution in [0.15, 0.2) is 0 Å². The second-order valence-electron chi connectivity index (χ2n) is 4.94. The van der Waals surface area contributed by atoms with Crippen molar-refractivity contribution in [2.45, 2.75) is 37.4 Å². The Morgan fingerprint density at radius 2 is 2.38 bits per heavy atom. The molecule has 0 aliphatic carbocycles. The first kappa shape index (κ1) is 12.3. The van der Waals surface area contributed by atoms with Gasteiger partial charge in [0.15, 0.2) is 0 Å². The third kappa shape index (κ3) is 2.74. The highest BCUT2D eigenvalue weighted by atomic mass is 16.6. The normalized spacial score (nSPS) is 36.8. The van der Waals surface area contributed by atoms with Gasteiger partial charge in [-0.25, -0.2) is 0 Å².